The second kappa shape index (κ2) is 64.8. The summed E-state index contributed by atoms with van der Waals surface area (Å²) in [4.78, 5) is 0. The third-order valence-corrected chi connectivity index (χ3v) is 23.8. The Morgan fingerprint density at radius 1 is 0.204 bits per heavy atom. The Labute approximate surface area is 694 Å². The first-order chi connectivity index (χ1) is 46.5. The van der Waals surface area contributed by atoms with Gasteiger partial charge in [-0.05, 0) is 115 Å². The van der Waals surface area contributed by atoms with Crippen LogP contribution < -0.4 is 95.5 Å². The quantitative estimate of drug-likeness (QED) is 0.0447. The predicted molar refractivity (Wildman–Crippen MR) is 439 cm³/mol. The molecule has 103 heavy (non-hydrogen) atoms. The van der Waals surface area contributed by atoms with Crippen LogP contribution in [0, 0.1) is 0 Å². The number of benzene rings is 12. The maximum absolute atomic E-state index is 6.21. The van der Waals surface area contributed by atoms with Crippen molar-refractivity contribution in [2.75, 3.05) is 44.3 Å². The van der Waals surface area contributed by atoms with Crippen molar-refractivity contribution in [3.63, 3.8) is 0 Å². The van der Waals surface area contributed by atoms with E-state index in [1.54, 1.807) is 0 Å². The number of para-hydroxylation sites is 4. The normalized spacial score (nSPS) is 9.32. The van der Waals surface area contributed by atoms with E-state index in [9.17, 15) is 0 Å². The molecule has 8 N–H and O–H groups in total. The molecule has 0 heterocycles. The van der Waals surface area contributed by atoms with Gasteiger partial charge in [-0.1, -0.05) is 315 Å². The average Bonchev–Trinajstić information content (AvgIpc) is 0.829. The molecule has 0 aromatic heterocycles. The van der Waals surface area contributed by atoms with Crippen LogP contribution in [0.1, 0.15) is 16.7 Å². The first kappa shape index (κ1) is 105. The minimum atomic E-state index is -0.592. The van der Waals surface area contributed by atoms with Gasteiger partial charge < -0.3 is 69.7 Å². The fraction of sp³-hybridized carbons (Fsp3) is 0.0886. The molecule has 0 fully saturated rings. The number of rotatable bonds is 15. The van der Waals surface area contributed by atoms with Gasteiger partial charge in [0.05, 0.1) is 21.4 Å². The topological polar surface area (TPSA) is 218 Å². The summed E-state index contributed by atoms with van der Waals surface area (Å²) in [6, 6.07) is 118. The van der Waals surface area contributed by atoms with E-state index in [-0.39, 0.29) is 109 Å². The summed E-state index contributed by atoms with van der Waals surface area (Å²) in [7, 11) is -1.86. The van der Waals surface area contributed by atoms with Crippen molar-refractivity contribution in [1.82, 2.24) is 0 Å². The van der Waals surface area contributed by atoms with Gasteiger partial charge >= 0.3 is 0 Å². The van der Waals surface area contributed by atoms with Gasteiger partial charge in [-0.3, -0.25) is 0 Å². The van der Waals surface area contributed by atoms with Gasteiger partial charge in [-0.25, -0.2) is 0 Å². The van der Waals surface area contributed by atoms with Gasteiger partial charge in [0.25, 0.3) is 0 Å². The van der Waals surface area contributed by atoms with Crippen molar-refractivity contribution < 1.29 is 87.6 Å². The molecule has 0 saturated heterocycles. The van der Waals surface area contributed by atoms with Crippen LogP contribution in [0.2, 0.25) is 0 Å². The molecule has 8 nitrogen and oxygen atoms in total. The van der Waals surface area contributed by atoms with E-state index in [0.29, 0.717) is 0 Å². The van der Waals surface area contributed by atoms with E-state index in [0.717, 1.165) is 41.2 Å². The molecule has 0 aliphatic carbocycles. The fourth-order valence-corrected chi connectivity index (χ4v) is 18.9. The Morgan fingerprint density at radius 3 is 0.524 bits per heavy atom. The molecule has 12 aromatic rings. The summed E-state index contributed by atoms with van der Waals surface area (Å²) >= 11 is 38.1. The molecular formula is C79H78Cl10N4O4P4Re2-10. The Morgan fingerprint density at radius 2 is 0.350 bits per heavy atom. The van der Waals surface area contributed by atoms with Crippen LogP contribution in [0.15, 0.2) is 340 Å². The summed E-state index contributed by atoms with van der Waals surface area (Å²) in [6.07, 6.45) is 2.95. The van der Waals surface area contributed by atoms with Crippen molar-refractivity contribution in [2.24, 2.45) is 0 Å². The molecule has 0 aliphatic heterocycles. The number of halogens is 10. The summed E-state index contributed by atoms with van der Waals surface area (Å²) in [6.45, 7) is 0. The molecular weight excluding hydrogens is 1920 g/mol. The molecule has 0 amide bonds. The number of nitrogen functional groups attached to an aromatic ring is 4. The largest absolute Gasteiger partial charge is 2.00 e. The molecule has 552 valence electrons. The van der Waals surface area contributed by atoms with Gasteiger partial charge in [0.1, 0.15) is 0 Å². The molecule has 0 saturated carbocycles. The second-order valence-electron chi connectivity index (χ2n) is 19.8. The monoisotopic (exact) mass is 1990 g/mol. The molecule has 0 aliphatic rings. The van der Waals surface area contributed by atoms with Crippen LogP contribution in [-0.2, 0) is 81.2 Å². The molecule has 12 rings (SSSR count). The Bertz CT molecular complexity index is 3470. The minimum Gasteiger partial charge on any atom is -2.00 e. The van der Waals surface area contributed by atoms with Crippen LogP contribution in [-0.4, -0.2) is 21.4 Å². The van der Waals surface area contributed by atoms with Crippen molar-refractivity contribution in [1.29, 1.82) is 0 Å². The van der Waals surface area contributed by atoms with Crippen LogP contribution in [0.25, 0.3) is 0 Å². The van der Waals surface area contributed by atoms with Crippen LogP contribution in [0.4, 0.5) is 22.7 Å². The van der Waals surface area contributed by atoms with Crippen molar-refractivity contribution in [3.8, 4) is 0 Å². The Balaban J connectivity index is -0.000000587. The summed E-state index contributed by atoms with van der Waals surface area (Å²) < 4.78 is 0. The molecule has 0 bridgehead atoms. The number of hydrogen-bond donors (Lipinski definition) is 4. The zero-order chi connectivity index (χ0) is 68.1. The zero-order valence-corrected chi connectivity index (χ0v) is 72.1. The predicted octanol–water partition coefficient (Wildman–Crippen LogP) is 13.9. The third kappa shape index (κ3) is 38.8. The van der Waals surface area contributed by atoms with Gasteiger partial charge in [0.2, 0.25) is 0 Å². The van der Waals surface area contributed by atoms with Gasteiger partial charge in [0.15, 0.2) is 0 Å². The number of hydrogen-bond acceptors (Lipinski definition) is 4. The van der Waals surface area contributed by atoms with Crippen molar-refractivity contribution >= 4 is 195 Å². The van der Waals surface area contributed by atoms with Crippen molar-refractivity contribution in [3.05, 3.63) is 356 Å². The molecule has 24 heteroatoms. The summed E-state index contributed by atoms with van der Waals surface area (Å²) in [5.74, 6) is 0. The third-order valence-electron chi connectivity index (χ3n) is 13.8. The first-order valence-corrected chi connectivity index (χ1v) is 40.1. The van der Waals surface area contributed by atoms with E-state index < -0.39 is 31.7 Å². The molecule has 0 atom stereocenters. The molecule has 2 radical (unpaired) electrons. The second-order valence-corrected chi connectivity index (χ2v) is 31.9. The Kier molecular flexibility index (Phi) is 66.0. The number of nitrogens with two attached hydrogens (primary N) is 4. The van der Waals surface area contributed by atoms with E-state index in [2.05, 4.69) is 291 Å². The number of anilines is 4. The van der Waals surface area contributed by atoms with E-state index in [1.165, 1.54) is 64.4 Å². The zero-order valence-electron chi connectivity index (χ0n) is 55.5. The van der Waals surface area contributed by atoms with E-state index >= 15 is 0 Å². The SMILES string of the molecule is ClCCl.ClCCl.ClCCl.ClCCl.Nc1ccccc1CP(c1ccccc1)c1ccccc1.Nc1ccccc1CP(c1ccccc1)c1ccccc1.Nc1ccccc1CP(c1ccccc1)c1ccccc1.Nc1ccccc1P(c1ccccc1)c1ccccc1.[Cl-].[Cl-].[O-2].[O-2].[O-2].[O-2].[Re].[Re]. The van der Waals surface area contributed by atoms with Crippen LogP contribution in [0.5, 0.6) is 0 Å². The van der Waals surface area contributed by atoms with E-state index in [1.807, 2.05) is 48.5 Å². The van der Waals surface area contributed by atoms with Gasteiger partial charge in [-0.2, -0.15) is 0 Å². The summed E-state index contributed by atoms with van der Waals surface area (Å²) in [5.41, 5.74) is 31.8. The number of alkyl halides is 8. The smallest absolute Gasteiger partial charge is 0.0967 e. The summed E-state index contributed by atoms with van der Waals surface area (Å²) in [5, 5.41) is 13.0. The first-order valence-electron chi connectivity index (χ1n) is 29.9. The van der Waals surface area contributed by atoms with E-state index in [4.69, 9.17) is 116 Å². The molecule has 0 unspecified atom stereocenters. The standard InChI is InChI=1S/3C19H18NP.C18H16NP.4CH2Cl2.2ClH.4O.2Re/c3*20-19-14-8-7-9-16(19)15-21(17-10-3-1-4-11-17)18-12-5-2-6-13-18;19-17-13-7-8-14-18(17)20(15-9-3-1-4-10-15)16-11-5-2-6-12-16;4*2-1-3;;;;;;;;/h3*1-14H,15,20H2;1-14H,19H2;4*1H2;2*1H;;;;;;/q;;;;;;;;;;4*-2;;/p-2. The fourth-order valence-electron chi connectivity index (χ4n) is 9.46. The Hall–Kier alpha value is -4.38. The maximum atomic E-state index is 6.21. The van der Waals surface area contributed by atoms with Gasteiger partial charge in [-0.15, -0.1) is 92.8 Å². The average molecular weight is 2000 g/mol. The van der Waals surface area contributed by atoms with Crippen LogP contribution in [0.3, 0.4) is 0 Å². The minimum absolute atomic E-state index is 0. The van der Waals surface area contributed by atoms with Crippen LogP contribution >= 0.6 is 124 Å². The maximum Gasteiger partial charge on any atom is 0.0967 e. The van der Waals surface area contributed by atoms with Crippen molar-refractivity contribution in [2.45, 2.75) is 18.5 Å². The molecule has 0 spiro atoms. The van der Waals surface area contributed by atoms with Gasteiger partial charge in [0, 0.05) is 87.4 Å². The molecule has 12 aromatic carbocycles.